The van der Waals surface area contributed by atoms with Gasteiger partial charge in [-0.25, -0.2) is 0 Å². The van der Waals surface area contributed by atoms with Crippen LogP contribution >= 0.6 is 0 Å². The van der Waals surface area contributed by atoms with E-state index in [9.17, 15) is 0 Å². The van der Waals surface area contributed by atoms with Crippen LogP contribution in [0.4, 0.5) is 17.1 Å². The lowest BCUT2D eigenvalue weighted by Crippen LogP contribution is -2.16. The van der Waals surface area contributed by atoms with Gasteiger partial charge < -0.3 is 9.47 Å². The highest BCUT2D eigenvalue weighted by Gasteiger charge is 2.36. The molecule has 1 aliphatic rings. The van der Waals surface area contributed by atoms with Gasteiger partial charge in [0.15, 0.2) is 0 Å². The summed E-state index contributed by atoms with van der Waals surface area (Å²) in [6.07, 6.45) is 0. The number of rotatable bonds is 5. The van der Waals surface area contributed by atoms with Crippen molar-refractivity contribution in [2.45, 2.75) is 19.3 Å². The molecular formula is C45H34N2. The van der Waals surface area contributed by atoms with Crippen molar-refractivity contribution in [3.8, 4) is 27.9 Å². The number of hydrogen-bond acceptors (Lipinski definition) is 1. The van der Waals surface area contributed by atoms with Crippen LogP contribution in [0.3, 0.4) is 0 Å². The molecule has 0 saturated heterocycles. The summed E-state index contributed by atoms with van der Waals surface area (Å²) < 4.78 is 2.45. The second-order valence-corrected chi connectivity index (χ2v) is 13.0. The van der Waals surface area contributed by atoms with Gasteiger partial charge in [0.1, 0.15) is 0 Å². The normalized spacial score (nSPS) is 13.1. The van der Waals surface area contributed by atoms with Crippen molar-refractivity contribution in [2.24, 2.45) is 0 Å². The van der Waals surface area contributed by atoms with Crippen LogP contribution in [-0.2, 0) is 5.41 Å². The molecule has 0 fully saturated rings. The average Bonchev–Trinajstić information content (AvgIpc) is 3.59. The van der Waals surface area contributed by atoms with Gasteiger partial charge in [0.05, 0.1) is 16.7 Å². The van der Waals surface area contributed by atoms with Crippen molar-refractivity contribution >= 4 is 38.9 Å². The van der Waals surface area contributed by atoms with Crippen molar-refractivity contribution in [3.63, 3.8) is 0 Å². The van der Waals surface area contributed by atoms with Gasteiger partial charge in [0.25, 0.3) is 0 Å². The summed E-state index contributed by atoms with van der Waals surface area (Å²) in [7, 11) is 0. The van der Waals surface area contributed by atoms with Gasteiger partial charge in [0, 0.05) is 38.8 Å². The lowest BCUT2D eigenvalue weighted by atomic mass is 9.82. The Labute approximate surface area is 275 Å². The standard InChI is InChI=1S/C45H34N2/c1-45(2)39-24-14-12-22-36(39)37-27-26-34(30-40(37)45)46(32-18-8-4-9-19-32)42-29-28-35(31-16-6-3-7-17-31)44-43(42)38-23-13-15-25-41(38)47(44)33-20-10-5-11-21-33/h3-30H,1-2H3. The van der Waals surface area contributed by atoms with Gasteiger partial charge in [-0.3, -0.25) is 0 Å². The molecule has 1 aromatic heterocycles. The van der Waals surface area contributed by atoms with Crippen LogP contribution in [0.5, 0.6) is 0 Å². The largest absolute Gasteiger partial charge is 0.310 e. The second kappa shape index (κ2) is 10.6. The van der Waals surface area contributed by atoms with E-state index in [-0.39, 0.29) is 5.41 Å². The number of aromatic nitrogens is 1. The third kappa shape index (κ3) is 4.18. The second-order valence-electron chi connectivity index (χ2n) is 13.0. The quantitative estimate of drug-likeness (QED) is 0.190. The summed E-state index contributed by atoms with van der Waals surface area (Å²) in [5, 5.41) is 2.46. The van der Waals surface area contributed by atoms with Crippen molar-refractivity contribution in [1.29, 1.82) is 0 Å². The molecule has 9 rings (SSSR count). The molecule has 1 aliphatic carbocycles. The lowest BCUT2D eigenvalue weighted by molar-refractivity contribution is 0.660. The SMILES string of the molecule is CC1(C)c2ccccc2-c2ccc(N(c3ccccc3)c3ccc(-c4ccccc4)c4c3c3ccccc3n4-c3ccccc3)cc21. The van der Waals surface area contributed by atoms with E-state index in [1.165, 1.54) is 55.2 Å². The minimum absolute atomic E-state index is 0.0971. The van der Waals surface area contributed by atoms with Gasteiger partial charge in [0.2, 0.25) is 0 Å². The molecule has 0 bridgehead atoms. The van der Waals surface area contributed by atoms with E-state index in [0.29, 0.717) is 0 Å². The number of benzene rings is 7. The molecule has 0 N–H and O–H groups in total. The molecule has 0 amide bonds. The molecule has 47 heavy (non-hydrogen) atoms. The molecule has 224 valence electrons. The Morgan fingerprint density at radius 2 is 1.11 bits per heavy atom. The third-order valence-corrected chi connectivity index (χ3v) is 9.97. The molecular weight excluding hydrogens is 569 g/mol. The first kappa shape index (κ1) is 27.5. The Bertz CT molecular complexity index is 2420. The minimum Gasteiger partial charge on any atom is -0.310 e. The predicted octanol–water partition coefficient (Wildman–Crippen LogP) is 12.2. The highest BCUT2D eigenvalue weighted by atomic mass is 15.1. The fourth-order valence-corrected chi connectivity index (χ4v) is 7.80. The van der Waals surface area contributed by atoms with Gasteiger partial charge in [-0.1, -0.05) is 135 Å². The topological polar surface area (TPSA) is 8.17 Å². The molecule has 0 unspecified atom stereocenters. The average molecular weight is 603 g/mol. The Morgan fingerprint density at radius 3 is 1.89 bits per heavy atom. The van der Waals surface area contributed by atoms with E-state index in [1.807, 2.05) is 0 Å². The van der Waals surface area contributed by atoms with E-state index >= 15 is 0 Å². The summed E-state index contributed by atoms with van der Waals surface area (Å²) in [6.45, 7) is 4.71. The number of nitrogens with zero attached hydrogens (tertiary/aromatic N) is 2. The van der Waals surface area contributed by atoms with Crippen LogP contribution in [0.25, 0.3) is 49.7 Å². The van der Waals surface area contributed by atoms with E-state index in [2.05, 4.69) is 193 Å². The highest BCUT2D eigenvalue weighted by Crippen LogP contribution is 2.52. The Morgan fingerprint density at radius 1 is 0.489 bits per heavy atom. The zero-order chi connectivity index (χ0) is 31.5. The molecule has 0 spiro atoms. The van der Waals surface area contributed by atoms with E-state index in [4.69, 9.17) is 0 Å². The monoisotopic (exact) mass is 602 g/mol. The summed E-state index contributed by atoms with van der Waals surface area (Å²) in [4.78, 5) is 2.46. The third-order valence-electron chi connectivity index (χ3n) is 9.97. The highest BCUT2D eigenvalue weighted by molar-refractivity contribution is 6.20. The molecule has 2 heteroatoms. The Kier molecular flexibility index (Phi) is 6.20. The molecule has 8 aromatic rings. The number of hydrogen-bond donors (Lipinski definition) is 0. The molecule has 0 atom stereocenters. The fraction of sp³-hybridized carbons (Fsp3) is 0.0667. The van der Waals surface area contributed by atoms with Gasteiger partial charge >= 0.3 is 0 Å². The predicted molar refractivity (Wildman–Crippen MR) is 198 cm³/mol. The zero-order valence-corrected chi connectivity index (χ0v) is 26.6. The molecule has 0 radical (unpaired) electrons. The van der Waals surface area contributed by atoms with Crippen molar-refractivity contribution < 1.29 is 0 Å². The maximum Gasteiger partial charge on any atom is 0.0640 e. The van der Waals surface area contributed by atoms with Crippen LogP contribution in [0, 0.1) is 0 Å². The Hall–Kier alpha value is -5.86. The van der Waals surface area contributed by atoms with E-state index in [0.717, 1.165) is 22.7 Å². The summed E-state index contributed by atoms with van der Waals surface area (Å²) in [5.41, 5.74) is 14.7. The van der Waals surface area contributed by atoms with Crippen LogP contribution < -0.4 is 4.90 Å². The maximum atomic E-state index is 2.46. The zero-order valence-electron chi connectivity index (χ0n) is 26.6. The summed E-state index contributed by atoms with van der Waals surface area (Å²) in [6, 6.07) is 61.8. The lowest BCUT2D eigenvalue weighted by Gasteiger charge is -2.29. The van der Waals surface area contributed by atoms with Gasteiger partial charge in [-0.15, -0.1) is 0 Å². The number of fused-ring (bicyclic) bond motifs is 6. The number of anilines is 3. The first-order valence-electron chi connectivity index (χ1n) is 16.4. The first-order chi connectivity index (χ1) is 23.1. The molecule has 0 saturated carbocycles. The fourth-order valence-electron chi connectivity index (χ4n) is 7.80. The molecule has 7 aromatic carbocycles. The van der Waals surface area contributed by atoms with Crippen molar-refractivity contribution in [2.75, 3.05) is 4.90 Å². The smallest absolute Gasteiger partial charge is 0.0640 e. The molecule has 1 heterocycles. The van der Waals surface area contributed by atoms with Crippen LogP contribution in [0.1, 0.15) is 25.0 Å². The first-order valence-corrected chi connectivity index (χ1v) is 16.4. The summed E-state index contributed by atoms with van der Waals surface area (Å²) in [5.74, 6) is 0. The summed E-state index contributed by atoms with van der Waals surface area (Å²) >= 11 is 0. The number of para-hydroxylation sites is 3. The van der Waals surface area contributed by atoms with Crippen molar-refractivity contribution in [3.05, 3.63) is 181 Å². The minimum atomic E-state index is -0.0971. The van der Waals surface area contributed by atoms with Crippen LogP contribution in [0.15, 0.2) is 170 Å². The van der Waals surface area contributed by atoms with Crippen molar-refractivity contribution in [1.82, 2.24) is 4.57 Å². The van der Waals surface area contributed by atoms with Gasteiger partial charge in [-0.05, 0) is 76.3 Å². The maximum absolute atomic E-state index is 2.46. The molecule has 2 nitrogen and oxygen atoms in total. The Balaban J connectivity index is 1.38. The van der Waals surface area contributed by atoms with Gasteiger partial charge in [-0.2, -0.15) is 0 Å². The van der Waals surface area contributed by atoms with Crippen LogP contribution in [-0.4, -0.2) is 4.57 Å². The van der Waals surface area contributed by atoms with E-state index < -0.39 is 0 Å². The molecule has 0 aliphatic heterocycles. The van der Waals surface area contributed by atoms with Crippen LogP contribution in [0.2, 0.25) is 0 Å². The van der Waals surface area contributed by atoms with E-state index in [1.54, 1.807) is 0 Å².